The van der Waals surface area contributed by atoms with Crippen LogP contribution in [0.2, 0.25) is 0 Å². The second kappa shape index (κ2) is 59.8. The van der Waals surface area contributed by atoms with Crippen LogP contribution in [0.5, 0.6) is 0 Å². The number of nitrogens with one attached hydrogen (secondary N) is 2. The number of carboxylic acid groups (broad SMARTS) is 2. The summed E-state index contributed by atoms with van der Waals surface area (Å²) in [5.74, 6) is -5.89. The van der Waals surface area contributed by atoms with Crippen molar-refractivity contribution in [1.82, 2.24) is 10.6 Å². The summed E-state index contributed by atoms with van der Waals surface area (Å²) in [6.07, 6.45) is 17.2. The predicted octanol–water partition coefficient (Wildman–Crippen LogP) is 13.6. The molecule has 0 aromatic carbocycles. The molecule has 2 aliphatic heterocycles. The number of carbonyl (C=O) groups excluding carboxylic acids is 11. The van der Waals surface area contributed by atoms with Gasteiger partial charge in [0, 0.05) is 176 Å². The van der Waals surface area contributed by atoms with E-state index in [1.54, 1.807) is 6.92 Å². The Labute approximate surface area is 636 Å². The number of carbonyl (C=O) groups is 13. The maximum atomic E-state index is 14.4. The summed E-state index contributed by atoms with van der Waals surface area (Å²) in [5, 5.41) is 22.0. The standard InChI is InChI=1S/C69H112N3O19S7.V.7H2/c1-49(51(3)73)43-92-94-45-54(52(4)74)38-62(79)55-39-61(78)53(37-63(80)64-48-97-93-44-50(2)60(77)40-56(47-96-95-46-55)69(87)98(64)70)23-19-20-30-71-66(82)42-91-36-34-89-32-22-25-58(76)41-90-35-33-88-31-21-24-57(75)28-29-59(68(85)86)72-65(81)26-17-15-13-11-9-7-5-6-8-10-12-14-16-18-27-67(83)84;;;;;;;;/h49-50,53-56,59,64H,5-48H2,1-4H3,(H,71,82)(H,72,81)(H,83,84)(H,85,86);;7*1H/q-1;;;;;;;;/t49-,50-,53+,54-,55-,56-,59-,64-,98?;;;;;;;;/m0......../s1. The van der Waals surface area contributed by atoms with E-state index in [0.717, 1.165) is 51.4 Å². The first-order chi connectivity index (χ1) is 47.0. The number of nitrogens with zero attached hydrogens (tertiary/aromatic N) is 1. The molecule has 0 saturated carbocycles. The van der Waals surface area contributed by atoms with Crippen LogP contribution in [0.3, 0.4) is 0 Å². The molecule has 2 amide bonds. The molecule has 2 heterocycles. The van der Waals surface area contributed by atoms with Crippen LogP contribution in [0, 0.1) is 35.5 Å². The van der Waals surface area contributed by atoms with Gasteiger partial charge >= 0.3 is 11.9 Å². The number of Topliss-reactive ketones (excluding diaryl/α,β-unsaturated/α-hetero) is 8. The minimum absolute atomic E-state index is 0. The normalized spacial score (nSPS) is 19.8. The Kier molecular flexibility index (Phi) is 57.1. The fourth-order valence-corrected chi connectivity index (χ4v) is 20.6. The average Bonchev–Trinajstić information content (AvgIpc) is 1.04. The van der Waals surface area contributed by atoms with Gasteiger partial charge in [-0.3, -0.25) is 57.5 Å². The van der Waals surface area contributed by atoms with Crippen LogP contribution in [-0.4, -0.2) is 191 Å². The number of aliphatic carboxylic acids is 2. The van der Waals surface area contributed by atoms with Gasteiger partial charge in [-0.25, -0.2) is 15.5 Å². The van der Waals surface area contributed by atoms with Crippen molar-refractivity contribution in [3.05, 3.63) is 4.78 Å². The first-order valence-corrected chi connectivity index (χ1v) is 43.9. The third-order valence-corrected chi connectivity index (χ3v) is 26.8. The van der Waals surface area contributed by atoms with Gasteiger partial charge in [-0.05, 0) is 58.8 Å². The van der Waals surface area contributed by atoms with Gasteiger partial charge < -0.3 is 44.6 Å². The van der Waals surface area contributed by atoms with Crippen molar-refractivity contribution in [3.63, 3.8) is 0 Å². The molecule has 22 nitrogen and oxygen atoms in total. The Morgan fingerprint density at radius 3 is 1.72 bits per heavy atom. The van der Waals surface area contributed by atoms with Gasteiger partial charge in [0.1, 0.15) is 59.7 Å². The summed E-state index contributed by atoms with van der Waals surface area (Å²) in [4.78, 5) is 167. The van der Waals surface area contributed by atoms with Crippen LogP contribution < -0.4 is 10.6 Å². The summed E-state index contributed by atoms with van der Waals surface area (Å²) in [5.41, 5.74) is 0. The second-order valence-corrected chi connectivity index (χ2v) is 34.9. The van der Waals surface area contributed by atoms with Crippen molar-refractivity contribution >= 4 is 151 Å². The molecule has 0 aromatic rings. The smallest absolute Gasteiger partial charge is 0.326 e. The van der Waals surface area contributed by atoms with Crippen LogP contribution in [-0.2, 0) is 111 Å². The topological polar surface area (TPSA) is 346 Å². The Bertz CT molecular complexity index is 2520. The number of fused-ring (bicyclic) bond motifs is 3. The zero-order valence-corrected chi connectivity index (χ0v) is 65.9. The third kappa shape index (κ3) is 47.6. The van der Waals surface area contributed by atoms with Gasteiger partial charge in [0.2, 0.25) is 11.8 Å². The van der Waals surface area contributed by atoms with Crippen molar-refractivity contribution in [2.24, 2.45) is 35.5 Å². The SMILES string of the molecule is CC(=O)[C@H](CSSC[C@H](C)C(C)=O)CC(=O)[C@@H]1CSSC[C@@H]2CC(=O)[C@@H](C)CSSC[C@@H](C(=O)C[C@@H](CCCCNC(=O)COCCOCCCC(=O)COCCOCCCC(=O)CC[C@H](NC(=O)CCCCCCCCCCCCCCCCC(=O)O)C(=O)O)C(=O)C1)S(=[N-])C2=O.[HH].[HH].[HH].[HH].[HH].[HH].[HH].[V]. The second-order valence-electron chi connectivity index (χ2n) is 25.6. The van der Waals surface area contributed by atoms with Crippen LogP contribution in [0.4, 0.5) is 0 Å². The van der Waals surface area contributed by atoms with E-state index in [1.807, 2.05) is 6.92 Å². The Balaban J connectivity index is -0.00000245. The van der Waals surface area contributed by atoms with Gasteiger partial charge in [0.25, 0.3) is 0 Å². The molecule has 0 aromatic heterocycles. The van der Waals surface area contributed by atoms with E-state index in [9.17, 15) is 72.2 Å². The van der Waals surface area contributed by atoms with Crippen molar-refractivity contribution in [2.75, 3.05) is 93.9 Å². The van der Waals surface area contributed by atoms with Crippen LogP contribution in [0.25, 0.3) is 4.78 Å². The summed E-state index contributed by atoms with van der Waals surface area (Å²) < 4.78 is 33.5. The number of ether oxygens (including phenoxy) is 4. The summed E-state index contributed by atoms with van der Waals surface area (Å²) >= 11 is 0. The maximum absolute atomic E-state index is 14.4. The molecule has 2 rings (SSSR count). The molecule has 2 fully saturated rings. The predicted molar refractivity (Wildman–Crippen MR) is 410 cm³/mol. The molecule has 4 N–H and O–H groups in total. The Morgan fingerprint density at radius 2 is 1.12 bits per heavy atom. The number of carboxylic acids is 2. The minimum atomic E-state index is -2.02. The first-order valence-electron chi connectivity index (χ1n) is 35.2. The first kappa shape index (κ1) is 94.6. The van der Waals surface area contributed by atoms with Gasteiger partial charge in [-0.15, -0.1) is 0 Å². The number of rotatable bonds is 55. The van der Waals surface area contributed by atoms with Crippen molar-refractivity contribution < 1.29 is 120 Å². The summed E-state index contributed by atoms with van der Waals surface area (Å²) in [6, 6.07) is -1.13. The molecule has 579 valence electrons. The molecule has 0 spiro atoms. The number of amides is 2. The van der Waals surface area contributed by atoms with E-state index >= 15 is 0 Å². The molecule has 2 aliphatic rings. The molecule has 1 unspecified atom stereocenters. The van der Waals surface area contributed by atoms with E-state index in [0.29, 0.717) is 49.4 Å². The third-order valence-electron chi connectivity index (χ3n) is 17.0. The quantitative estimate of drug-likeness (QED) is 0.0325. The van der Waals surface area contributed by atoms with E-state index in [-0.39, 0.29) is 240 Å². The fourth-order valence-electron chi connectivity index (χ4n) is 10.5. The Hall–Kier alpha value is -2.42. The summed E-state index contributed by atoms with van der Waals surface area (Å²) in [7, 11) is 6.15. The zero-order valence-electron chi connectivity index (χ0n) is 58.8. The van der Waals surface area contributed by atoms with Crippen LogP contribution in [0.15, 0.2) is 0 Å². The molecule has 2 bridgehead atoms. The van der Waals surface area contributed by atoms with Gasteiger partial charge in [0.05, 0.1) is 31.7 Å². The molecule has 2 saturated heterocycles. The zero-order chi connectivity index (χ0) is 72.3. The van der Waals surface area contributed by atoms with Gasteiger partial charge in [0.15, 0.2) is 10.9 Å². The average molecular weight is 1580 g/mol. The van der Waals surface area contributed by atoms with E-state index < -0.39 is 68.5 Å². The molecule has 9 atom stereocenters. The molecule has 1 radical (unpaired) electrons. The molecular formula is C69H126N3O19S7V-. The largest absolute Gasteiger partial charge is 0.773 e. The molecular weight excluding hydrogens is 1450 g/mol. The number of hydrogen-bond acceptors (Lipinski definition) is 23. The number of hydrogen-bond donors (Lipinski definition) is 4. The number of ketones is 8. The van der Waals surface area contributed by atoms with E-state index in [1.165, 1.54) is 111 Å². The van der Waals surface area contributed by atoms with Gasteiger partial charge in [-0.1, -0.05) is 162 Å². The van der Waals surface area contributed by atoms with Crippen molar-refractivity contribution in [3.8, 4) is 0 Å². The van der Waals surface area contributed by atoms with Crippen molar-refractivity contribution in [1.29, 1.82) is 0 Å². The van der Waals surface area contributed by atoms with Crippen molar-refractivity contribution in [2.45, 2.75) is 225 Å². The van der Waals surface area contributed by atoms with E-state index in [2.05, 4.69) is 10.6 Å². The molecule has 30 heteroatoms. The Morgan fingerprint density at radius 1 is 0.576 bits per heavy atom. The van der Waals surface area contributed by atoms with Crippen LogP contribution in [0.1, 0.15) is 224 Å². The molecule has 0 aliphatic carbocycles. The number of unbranched alkanes of at least 4 members (excludes halogenated alkanes) is 14. The minimum Gasteiger partial charge on any atom is -0.773 e. The van der Waals surface area contributed by atoms with Crippen LogP contribution >= 0.6 is 64.8 Å². The van der Waals surface area contributed by atoms with Gasteiger partial charge in [-0.2, -0.15) is 0 Å². The molecule has 99 heavy (non-hydrogen) atoms. The maximum Gasteiger partial charge on any atom is 0.326 e. The van der Waals surface area contributed by atoms with E-state index in [4.69, 9.17) is 24.1 Å². The summed E-state index contributed by atoms with van der Waals surface area (Å²) in [6.45, 7) is 7.78. The fraction of sp³-hybridized carbons (Fsp3) is 0.812. The monoisotopic (exact) mass is 1580 g/mol.